The first-order chi connectivity index (χ1) is 11.6. The molecule has 0 radical (unpaired) electrons. The number of nitrogens with zero attached hydrogens (tertiary/aromatic N) is 3. The summed E-state index contributed by atoms with van der Waals surface area (Å²) in [7, 11) is 0. The molecule has 0 saturated carbocycles. The summed E-state index contributed by atoms with van der Waals surface area (Å²) >= 11 is 2.04. The second kappa shape index (κ2) is 9.07. The van der Waals surface area contributed by atoms with Crippen LogP contribution in [0.2, 0.25) is 0 Å². The molecule has 4 nitrogen and oxygen atoms in total. The molecular weight excluding hydrogens is 443 g/mol. The fourth-order valence-electron chi connectivity index (χ4n) is 3.08. The number of hydrogen-bond acceptors (Lipinski definition) is 3. The van der Waals surface area contributed by atoms with Crippen LogP contribution >= 0.6 is 35.7 Å². The van der Waals surface area contributed by atoms with E-state index in [1.165, 1.54) is 10.8 Å². The summed E-state index contributed by atoms with van der Waals surface area (Å²) in [6.45, 7) is 10.3. The van der Waals surface area contributed by atoms with Gasteiger partial charge in [0.1, 0.15) is 0 Å². The van der Waals surface area contributed by atoms with Gasteiger partial charge in [0, 0.05) is 41.7 Å². The lowest BCUT2D eigenvalue weighted by molar-refractivity contribution is 0.375. The minimum Gasteiger partial charge on any atom is -0.357 e. The highest BCUT2D eigenvalue weighted by atomic mass is 127. The van der Waals surface area contributed by atoms with Crippen molar-refractivity contribution >= 4 is 52.5 Å². The van der Waals surface area contributed by atoms with Gasteiger partial charge in [0.15, 0.2) is 5.96 Å². The van der Waals surface area contributed by atoms with Gasteiger partial charge in [-0.2, -0.15) is 11.8 Å². The Balaban J connectivity index is 0.00000225. The van der Waals surface area contributed by atoms with E-state index in [4.69, 9.17) is 4.99 Å². The van der Waals surface area contributed by atoms with Crippen molar-refractivity contribution in [3.05, 3.63) is 42.2 Å². The predicted octanol–water partition coefficient (Wildman–Crippen LogP) is 4.15. The molecule has 0 atom stereocenters. The normalized spacial score (nSPS) is 17.2. The maximum absolute atomic E-state index is 4.88. The zero-order valence-electron chi connectivity index (χ0n) is 15.2. The number of benzene rings is 1. The van der Waals surface area contributed by atoms with Crippen LogP contribution in [0.15, 0.2) is 41.5 Å². The van der Waals surface area contributed by atoms with Crippen molar-refractivity contribution in [2.75, 3.05) is 25.4 Å². The average molecular weight is 470 g/mol. The molecule has 1 N–H and O–H groups in total. The molecule has 25 heavy (non-hydrogen) atoms. The van der Waals surface area contributed by atoms with Gasteiger partial charge in [0.2, 0.25) is 0 Å². The predicted molar refractivity (Wildman–Crippen MR) is 120 cm³/mol. The van der Waals surface area contributed by atoms with E-state index >= 15 is 0 Å². The first-order valence-electron chi connectivity index (χ1n) is 8.59. The Bertz CT molecular complexity index is 727. The summed E-state index contributed by atoms with van der Waals surface area (Å²) in [5.74, 6) is 2.14. The van der Waals surface area contributed by atoms with Gasteiger partial charge in [-0.3, -0.25) is 4.98 Å². The molecule has 0 unspecified atom stereocenters. The SMILES string of the molecule is CCNC(=NCc1nccc2ccccc12)N1CCSC(C)(C)C1.I. The number of rotatable bonds is 3. The zero-order valence-corrected chi connectivity index (χ0v) is 18.3. The van der Waals surface area contributed by atoms with E-state index < -0.39 is 0 Å². The molecule has 0 spiro atoms. The van der Waals surface area contributed by atoms with Crippen molar-refractivity contribution in [2.45, 2.75) is 32.1 Å². The van der Waals surface area contributed by atoms with Gasteiger partial charge < -0.3 is 10.2 Å². The lowest BCUT2D eigenvalue weighted by Crippen LogP contribution is -2.50. The number of halogens is 1. The second-order valence-corrected chi connectivity index (χ2v) is 8.48. The fourth-order valence-corrected chi connectivity index (χ4v) is 4.19. The molecule has 2 heterocycles. The molecule has 6 heteroatoms. The van der Waals surface area contributed by atoms with Crippen molar-refractivity contribution < 1.29 is 0 Å². The lowest BCUT2D eigenvalue weighted by Gasteiger charge is -2.39. The van der Waals surface area contributed by atoms with Gasteiger partial charge in [0.05, 0.1) is 12.2 Å². The fraction of sp³-hybridized carbons (Fsp3) is 0.474. The minimum atomic E-state index is 0. The summed E-state index contributed by atoms with van der Waals surface area (Å²) in [5.41, 5.74) is 1.04. The standard InChI is InChI=1S/C19H26N4S.HI/c1-4-20-18(23-11-12-24-19(2,3)14-23)22-13-17-16-8-6-5-7-15(16)9-10-21-17;/h5-10H,4,11-14H2,1-3H3,(H,20,22);1H. The van der Waals surface area contributed by atoms with Gasteiger partial charge in [-0.1, -0.05) is 24.3 Å². The van der Waals surface area contributed by atoms with E-state index in [0.717, 1.165) is 37.0 Å². The van der Waals surface area contributed by atoms with Crippen molar-refractivity contribution in [2.24, 2.45) is 4.99 Å². The van der Waals surface area contributed by atoms with Gasteiger partial charge in [-0.05, 0) is 32.2 Å². The molecule has 1 aromatic heterocycles. The van der Waals surface area contributed by atoms with Crippen LogP contribution in [0, 0.1) is 0 Å². The minimum absolute atomic E-state index is 0. The Labute approximate surface area is 171 Å². The molecule has 3 rings (SSSR count). The molecule has 0 bridgehead atoms. The molecule has 0 amide bonds. The number of aromatic nitrogens is 1. The van der Waals surface area contributed by atoms with Crippen molar-refractivity contribution in [1.29, 1.82) is 0 Å². The third-order valence-electron chi connectivity index (χ3n) is 4.19. The number of hydrogen-bond donors (Lipinski definition) is 1. The first kappa shape index (κ1) is 20.3. The summed E-state index contributed by atoms with van der Waals surface area (Å²) < 4.78 is 0.270. The highest BCUT2D eigenvalue weighted by Crippen LogP contribution is 2.29. The van der Waals surface area contributed by atoms with Crippen LogP contribution < -0.4 is 5.32 Å². The number of guanidine groups is 1. The largest absolute Gasteiger partial charge is 0.357 e. The van der Waals surface area contributed by atoms with Crippen LogP contribution in [0.3, 0.4) is 0 Å². The van der Waals surface area contributed by atoms with Gasteiger partial charge >= 0.3 is 0 Å². The van der Waals surface area contributed by atoms with Gasteiger partial charge in [0.25, 0.3) is 0 Å². The monoisotopic (exact) mass is 470 g/mol. The summed E-state index contributed by atoms with van der Waals surface area (Å²) in [6.07, 6.45) is 1.88. The lowest BCUT2D eigenvalue weighted by atomic mass is 10.1. The Morgan fingerprint density at radius 3 is 2.88 bits per heavy atom. The smallest absolute Gasteiger partial charge is 0.194 e. The van der Waals surface area contributed by atoms with Gasteiger partial charge in [-0.25, -0.2) is 4.99 Å². The van der Waals surface area contributed by atoms with Gasteiger partial charge in [-0.15, -0.1) is 24.0 Å². The van der Waals surface area contributed by atoms with Crippen molar-refractivity contribution in [1.82, 2.24) is 15.2 Å². The Morgan fingerprint density at radius 2 is 2.12 bits per heavy atom. The Hall–Kier alpha value is -1.02. The van der Waals surface area contributed by atoms with Crippen LogP contribution in [0.25, 0.3) is 10.8 Å². The molecule has 2 aromatic rings. The number of pyridine rings is 1. The summed E-state index contributed by atoms with van der Waals surface area (Å²) in [6, 6.07) is 10.4. The molecule has 1 fully saturated rings. The number of nitrogens with one attached hydrogen (secondary N) is 1. The zero-order chi connectivity index (χ0) is 17.0. The molecule has 136 valence electrons. The molecule has 0 aliphatic carbocycles. The first-order valence-corrected chi connectivity index (χ1v) is 9.57. The maximum Gasteiger partial charge on any atom is 0.194 e. The molecule has 1 aliphatic rings. The highest BCUT2D eigenvalue weighted by molar-refractivity contribution is 14.0. The van der Waals surface area contributed by atoms with Crippen LogP contribution in [-0.2, 0) is 6.54 Å². The molecule has 1 aliphatic heterocycles. The van der Waals surface area contributed by atoms with Crippen molar-refractivity contribution in [3.8, 4) is 0 Å². The van der Waals surface area contributed by atoms with E-state index in [1.807, 2.05) is 18.0 Å². The molecule has 1 aromatic carbocycles. The second-order valence-electron chi connectivity index (χ2n) is 6.68. The van der Waals surface area contributed by atoms with Crippen LogP contribution in [0.1, 0.15) is 26.5 Å². The number of aliphatic imine (C=N–C) groups is 1. The van der Waals surface area contributed by atoms with E-state index in [0.29, 0.717) is 6.54 Å². The topological polar surface area (TPSA) is 40.5 Å². The van der Waals surface area contributed by atoms with Crippen LogP contribution in [0.4, 0.5) is 0 Å². The third-order valence-corrected chi connectivity index (χ3v) is 5.49. The summed E-state index contributed by atoms with van der Waals surface area (Å²) in [4.78, 5) is 11.8. The quantitative estimate of drug-likeness (QED) is 0.416. The average Bonchev–Trinajstić information content (AvgIpc) is 2.57. The highest BCUT2D eigenvalue weighted by Gasteiger charge is 2.28. The molecular formula is C19H27IN4S. The van der Waals surface area contributed by atoms with Crippen molar-refractivity contribution in [3.63, 3.8) is 0 Å². The number of thioether (sulfide) groups is 1. The van der Waals surface area contributed by atoms with E-state index in [1.54, 1.807) is 0 Å². The van der Waals surface area contributed by atoms with Crippen LogP contribution in [-0.4, -0.2) is 46.0 Å². The van der Waals surface area contributed by atoms with E-state index in [-0.39, 0.29) is 28.7 Å². The maximum atomic E-state index is 4.88. The van der Waals surface area contributed by atoms with E-state index in [9.17, 15) is 0 Å². The van der Waals surface area contributed by atoms with Crippen LogP contribution in [0.5, 0.6) is 0 Å². The summed E-state index contributed by atoms with van der Waals surface area (Å²) in [5, 5.41) is 5.86. The molecule has 1 saturated heterocycles. The Kier molecular flexibility index (Phi) is 7.37. The van der Waals surface area contributed by atoms with E-state index in [2.05, 4.69) is 66.3 Å². The third kappa shape index (κ3) is 5.23. The number of fused-ring (bicyclic) bond motifs is 1. The Morgan fingerprint density at radius 1 is 1.32 bits per heavy atom.